The molecule has 4 saturated carbocycles. The number of fused-ring (bicyclic) bond motifs is 1. The zero-order chi connectivity index (χ0) is 25.5. The number of alkyl halides is 6. The van der Waals surface area contributed by atoms with Gasteiger partial charge in [-0.3, -0.25) is 9.53 Å². The van der Waals surface area contributed by atoms with Gasteiger partial charge in [-0.05, 0) is 56.4 Å². The number of pyridine rings is 1. The Hall–Kier alpha value is -3.22. The topological polar surface area (TPSA) is 90.1 Å². The van der Waals surface area contributed by atoms with Crippen LogP contribution in [0, 0.1) is 0 Å². The lowest BCUT2D eigenvalue weighted by Crippen LogP contribution is -2.76. The van der Waals surface area contributed by atoms with E-state index in [1.807, 2.05) is 0 Å². The van der Waals surface area contributed by atoms with Crippen molar-refractivity contribution < 1.29 is 40.3 Å². The number of halogens is 6. The monoisotopic (exact) mass is 512 g/mol. The Kier molecular flexibility index (Phi) is 4.77. The molecule has 0 aliphatic heterocycles. The molecule has 1 amide bonds. The van der Waals surface area contributed by atoms with Crippen LogP contribution in [0.5, 0.6) is 0 Å². The number of hydrogen-bond donors (Lipinski definition) is 1. The Bertz CT molecular complexity index is 1340. The minimum atomic E-state index is -4.67. The summed E-state index contributed by atoms with van der Waals surface area (Å²) in [5.41, 5.74) is -1.23. The van der Waals surface area contributed by atoms with Crippen molar-refractivity contribution in [3.05, 3.63) is 53.4 Å². The molecule has 2 heterocycles. The molecule has 1 N–H and O–H groups in total. The zero-order valence-electron chi connectivity index (χ0n) is 18.4. The van der Waals surface area contributed by atoms with Gasteiger partial charge in [0.05, 0.1) is 22.6 Å². The van der Waals surface area contributed by atoms with Crippen molar-refractivity contribution in [1.82, 2.24) is 20.5 Å². The molecule has 2 aromatic heterocycles. The van der Waals surface area contributed by atoms with Gasteiger partial charge in [0.2, 0.25) is 11.8 Å². The molecule has 0 atom stereocenters. The summed E-state index contributed by atoms with van der Waals surface area (Å²) >= 11 is 0. The van der Waals surface area contributed by atoms with Crippen LogP contribution in [0.4, 0.5) is 26.3 Å². The van der Waals surface area contributed by atoms with Crippen molar-refractivity contribution >= 4 is 16.8 Å². The van der Waals surface area contributed by atoms with Gasteiger partial charge >= 0.3 is 12.5 Å². The molecule has 7 rings (SSSR count). The van der Waals surface area contributed by atoms with E-state index in [2.05, 4.69) is 25.2 Å². The number of hydrogen-bond acceptors (Lipinski definition) is 6. The molecule has 7 nitrogen and oxygen atoms in total. The van der Waals surface area contributed by atoms with E-state index in [9.17, 15) is 31.1 Å². The van der Waals surface area contributed by atoms with E-state index >= 15 is 0 Å². The van der Waals surface area contributed by atoms with Crippen molar-refractivity contribution in [2.24, 2.45) is 0 Å². The molecular formula is C23H18F6N4O3. The summed E-state index contributed by atoms with van der Waals surface area (Å²) in [6, 6.07) is 5.96. The summed E-state index contributed by atoms with van der Waals surface area (Å²) in [6.07, 6.45) is -8.02. The summed E-state index contributed by atoms with van der Waals surface area (Å²) in [6.45, 7) is 0. The Morgan fingerprint density at radius 1 is 1.03 bits per heavy atom. The molecular weight excluding hydrogens is 494 g/mol. The molecule has 4 aliphatic carbocycles. The van der Waals surface area contributed by atoms with Gasteiger partial charge in [0, 0.05) is 16.8 Å². The normalized spacial score (nSPS) is 29.3. The quantitative estimate of drug-likeness (QED) is 0.483. The average molecular weight is 512 g/mol. The van der Waals surface area contributed by atoms with E-state index in [0.717, 1.165) is 12.1 Å². The van der Waals surface area contributed by atoms with Gasteiger partial charge in [0.25, 0.3) is 5.91 Å². The van der Waals surface area contributed by atoms with Gasteiger partial charge in [-0.25, -0.2) is 4.98 Å². The van der Waals surface area contributed by atoms with Crippen molar-refractivity contribution in [2.45, 2.75) is 67.6 Å². The minimum Gasteiger partial charge on any atom is -0.424 e. The predicted octanol–water partition coefficient (Wildman–Crippen LogP) is 5.02. The number of carbonyl (C=O) groups is 1. The molecule has 3 aromatic rings. The van der Waals surface area contributed by atoms with Gasteiger partial charge in [-0.15, -0.1) is 23.4 Å². The van der Waals surface area contributed by atoms with Crippen molar-refractivity contribution in [3.63, 3.8) is 0 Å². The molecule has 0 radical (unpaired) electrons. The van der Waals surface area contributed by atoms with Crippen LogP contribution in [0.15, 0.2) is 34.7 Å². The fourth-order valence-corrected chi connectivity index (χ4v) is 5.55. The molecule has 0 spiro atoms. The van der Waals surface area contributed by atoms with Gasteiger partial charge in [0.15, 0.2) is 0 Å². The van der Waals surface area contributed by atoms with E-state index < -0.39 is 35.7 Å². The Morgan fingerprint density at radius 3 is 2.42 bits per heavy atom. The van der Waals surface area contributed by atoms with Crippen LogP contribution in [0.2, 0.25) is 0 Å². The molecule has 4 fully saturated rings. The van der Waals surface area contributed by atoms with Crippen LogP contribution in [0.1, 0.15) is 65.9 Å². The SMILES string of the molecule is O=C(NC12CC(c3nnc(C4CC(OC(F)(F)F)C4)o3)(C1)C2)c1ccc2cc(C(F)(F)F)ccc2n1. The molecule has 1 aromatic carbocycles. The highest BCUT2D eigenvalue weighted by molar-refractivity contribution is 5.95. The number of rotatable bonds is 5. The number of nitrogens with one attached hydrogen (secondary N) is 1. The third-order valence-corrected chi connectivity index (χ3v) is 7.30. The smallest absolute Gasteiger partial charge is 0.424 e. The standard InChI is InChI=1S/C23H18F6N4O3/c24-22(25,26)13-2-4-15-11(5-13)1-3-16(30-15)17(34)31-21-8-20(9-21,10-21)19-33-32-18(35-19)12-6-14(7-12)36-23(27,28)29/h1-5,12,14H,6-10H2,(H,31,34). The van der Waals surface area contributed by atoms with Crippen LogP contribution in [-0.2, 0) is 16.3 Å². The number of nitrogens with zero attached hydrogens (tertiary/aromatic N) is 3. The fraction of sp³-hybridized carbons (Fsp3) is 0.478. The maximum Gasteiger partial charge on any atom is 0.522 e. The lowest BCUT2D eigenvalue weighted by atomic mass is 9.39. The van der Waals surface area contributed by atoms with E-state index in [1.165, 1.54) is 18.2 Å². The molecule has 4 aliphatic rings. The second-order valence-electron chi connectivity index (χ2n) is 9.95. The number of amides is 1. The largest absolute Gasteiger partial charge is 0.522 e. The fourth-order valence-electron chi connectivity index (χ4n) is 5.55. The first kappa shape index (κ1) is 23.2. The summed E-state index contributed by atoms with van der Waals surface area (Å²) in [7, 11) is 0. The van der Waals surface area contributed by atoms with Crippen LogP contribution in [0.25, 0.3) is 10.9 Å². The lowest BCUT2D eigenvalue weighted by molar-refractivity contribution is -0.352. The summed E-state index contributed by atoms with van der Waals surface area (Å²) in [4.78, 5) is 17.0. The Morgan fingerprint density at radius 2 is 1.75 bits per heavy atom. The van der Waals surface area contributed by atoms with Crippen molar-refractivity contribution in [1.29, 1.82) is 0 Å². The minimum absolute atomic E-state index is 0.0988. The molecule has 0 saturated heterocycles. The molecule has 36 heavy (non-hydrogen) atoms. The summed E-state index contributed by atoms with van der Waals surface area (Å²) < 4.78 is 85.3. The third-order valence-electron chi connectivity index (χ3n) is 7.30. The summed E-state index contributed by atoms with van der Waals surface area (Å²) in [5.74, 6) is 0.00860. The van der Waals surface area contributed by atoms with Crippen LogP contribution >= 0.6 is 0 Å². The number of benzene rings is 1. The maximum absolute atomic E-state index is 12.9. The molecule has 0 unspecified atom stereocenters. The first-order valence-electron chi connectivity index (χ1n) is 11.2. The number of aromatic nitrogens is 3. The van der Waals surface area contributed by atoms with E-state index in [4.69, 9.17) is 4.42 Å². The molecule has 2 bridgehead atoms. The molecule has 190 valence electrons. The van der Waals surface area contributed by atoms with Crippen LogP contribution < -0.4 is 5.32 Å². The van der Waals surface area contributed by atoms with Crippen molar-refractivity contribution in [3.8, 4) is 0 Å². The van der Waals surface area contributed by atoms with Gasteiger partial charge in [-0.2, -0.15) is 13.2 Å². The van der Waals surface area contributed by atoms with Crippen molar-refractivity contribution in [2.75, 3.05) is 0 Å². The van der Waals surface area contributed by atoms with Gasteiger partial charge in [0.1, 0.15) is 5.69 Å². The third kappa shape index (κ3) is 3.89. The second-order valence-corrected chi connectivity index (χ2v) is 9.95. The first-order valence-corrected chi connectivity index (χ1v) is 11.2. The average Bonchev–Trinajstić information content (AvgIpc) is 3.18. The predicted molar refractivity (Wildman–Crippen MR) is 110 cm³/mol. The van der Waals surface area contributed by atoms with Gasteiger partial charge < -0.3 is 9.73 Å². The molecule has 13 heteroatoms. The second kappa shape index (κ2) is 7.40. The van der Waals surface area contributed by atoms with E-state index in [-0.39, 0.29) is 40.8 Å². The van der Waals surface area contributed by atoms with E-state index in [0.29, 0.717) is 31.0 Å². The lowest BCUT2D eigenvalue weighted by Gasteiger charge is -2.68. The highest BCUT2D eigenvalue weighted by Gasteiger charge is 2.72. The highest BCUT2D eigenvalue weighted by atomic mass is 19.4. The zero-order valence-corrected chi connectivity index (χ0v) is 18.4. The Labute approximate surface area is 199 Å². The highest BCUT2D eigenvalue weighted by Crippen LogP contribution is 2.67. The number of ether oxygens (including phenoxy) is 1. The Balaban J connectivity index is 1.06. The van der Waals surface area contributed by atoms with Gasteiger partial charge in [-0.1, -0.05) is 6.07 Å². The van der Waals surface area contributed by atoms with Crippen LogP contribution in [0.3, 0.4) is 0 Å². The first-order chi connectivity index (χ1) is 16.8. The summed E-state index contributed by atoms with van der Waals surface area (Å²) in [5, 5.41) is 11.3. The number of carbonyl (C=O) groups excluding carboxylic acids is 1. The van der Waals surface area contributed by atoms with Crippen LogP contribution in [-0.4, -0.2) is 39.1 Å². The maximum atomic E-state index is 12.9. The van der Waals surface area contributed by atoms with E-state index in [1.54, 1.807) is 0 Å².